The van der Waals surface area contributed by atoms with Crippen LogP contribution in [0.4, 0.5) is 0 Å². The van der Waals surface area contributed by atoms with Gasteiger partial charge >= 0.3 is 0 Å². The maximum absolute atomic E-state index is 5.30. The SMILES string of the molecule is c1ccc(-c2cc(-c3ccccc3)nc(-c3cc(-c4ccccc4)c(-n4c5ccccc5c5cc6c(cc54)sc4ccccc46)c(-c4ccccc4)c3)n2)cc1. The van der Waals surface area contributed by atoms with E-state index < -0.39 is 0 Å². The van der Waals surface area contributed by atoms with E-state index in [4.69, 9.17) is 9.97 Å². The third kappa shape index (κ3) is 5.42. The lowest BCUT2D eigenvalue weighted by Crippen LogP contribution is -2.03. The van der Waals surface area contributed by atoms with E-state index in [1.807, 2.05) is 23.5 Å². The zero-order chi connectivity index (χ0) is 37.0. The molecule has 0 unspecified atom stereocenters. The van der Waals surface area contributed by atoms with Crippen molar-refractivity contribution < 1.29 is 0 Å². The van der Waals surface area contributed by atoms with Gasteiger partial charge in [-0.15, -0.1) is 11.3 Å². The van der Waals surface area contributed by atoms with E-state index in [9.17, 15) is 0 Å². The van der Waals surface area contributed by atoms with Crippen LogP contribution in [0.1, 0.15) is 0 Å². The van der Waals surface area contributed by atoms with Crippen LogP contribution in [-0.2, 0) is 0 Å². The number of fused-ring (bicyclic) bond motifs is 6. The highest BCUT2D eigenvalue weighted by molar-refractivity contribution is 7.25. The van der Waals surface area contributed by atoms with Gasteiger partial charge in [0.15, 0.2) is 5.82 Å². The molecule has 3 nitrogen and oxygen atoms in total. The minimum Gasteiger partial charge on any atom is -0.308 e. The fraction of sp³-hybridized carbons (Fsp3) is 0. The first-order valence-electron chi connectivity index (χ1n) is 18.9. The van der Waals surface area contributed by atoms with Crippen molar-refractivity contribution in [2.45, 2.75) is 0 Å². The molecule has 8 aromatic carbocycles. The molecule has 0 radical (unpaired) electrons. The fourth-order valence-electron chi connectivity index (χ4n) is 8.20. The van der Waals surface area contributed by atoms with Gasteiger partial charge in [-0.2, -0.15) is 0 Å². The van der Waals surface area contributed by atoms with Gasteiger partial charge in [0.1, 0.15) is 0 Å². The second-order valence-electron chi connectivity index (χ2n) is 14.2. The van der Waals surface area contributed by atoms with Gasteiger partial charge in [-0.1, -0.05) is 158 Å². The third-order valence-corrected chi connectivity index (χ3v) is 11.9. The van der Waals surface area contributed by atoms with Crippen molar-refractivity contribution in [2.24, 2.45) is 0 Å². The number of benzene rings is 8. The lowest BCUT2D eigenvalue weighted by Gasteiger charge is -2.21. The Morgan fingerprint density at radius 1 is 0.339 bits per heavy atom. The van der Waals surface area contributed by atoms with Gasteiger partial charge in [-0.3, -0.25) is 0 Å². The zero-order valence-electron chi connectivity index (χ0n) is 30.3. The molecule has 56 heavy (non-hydrogen) atoms. The van der Waals surface area contributed by atoms with Gasteiger partial charge in [0.2, 0.25) is 0 Å². The summed E-state index contributed by atoms with van der Waals surface area (Å²) < 4.78 is 5.08. The highest BCUT2D eigenvalue weighted by Crippen LogP contribution is 2.46. The number of thiophene rings is 1. The summed E-state index contributed by atoms with van der Waals surface area (Å²) in [5.74, 6) is 0.681. The molecule has 11 aromatic rings. The van der Waals surface area contributed by atoms with Gasteiger partial charge in [0.05, 0.1) is 28.1 Å². The van der Waals surface area contributed by atoms with Gasteiger partial charge in [0, 0.05) is 58.8 Å². The van der Waals surface area contributed by atoms with Gasteiger partial charge in [0.25, 0.3) is 0 Å². The number of rotatable bonds is 6. The minimum absolute atomic E-state index is 0.681. The summed E-state index contributed by atoms with van der Waals surface area (Å²) in [6, 6.07) is 71.4. The third-order valence-electron chi connectivity index (χ3n) is 10.8. The molecule has 0 saturated heterocycles. The van der Waals surface area contributed by atoms with E-state index >= 15 is 0 Å². The summed E-state index contributed by atoms with van der Waals surface area (Å²) in [4.78, 5) is 10.6. The average Bonchev–Trinajstić information content (AvgIpc) is 3.80. The minimum atomic E-state index is 0.681. The highest BCUT2D eigenvalue weighted by atomic mass is 32.1. The largest absolute Gasteiger partial charge is 0.308 e. The van der Waals surface area contributed by atoms with Crippen molar-refractivity contribution in [1.29, 1.82) is 0 Å². The quantitative estimate of drug-likeness (QED) is 0.170. The van der Waals surface area contributed by atoms with Gasteiger partial charge in [-0.05, 0) is 53.6 Å². The van der Waals surface area contributed by atoms with Crippen molar-refractivity contribution >= 4 is 53.3 Å². The number of hydrogen-bond acceptors (Lipinski definition) is 3. The van der Waals surface area contributed by atoms with E-state index in [0.717, 1.165) is 56.0 Å². The highest BCUT2D eigenvalue weighted by Gasteiger charge is 2.23. The Bertz CT molecular complexity index is 3100. The maximum Gasteiger partial charge on any atom is 0.160 e. The predicted octanol–water partition coefficient (Wildman–Crippen LogP) is 14.3. The summed E-state index contributed by atoms with van der Waals surface area (Å²) in [5, 5.41) is 5.07. The number of para-hydroxylation sites is 1. The maximum atomic E-state index is 5.30. The molecule has 0 aliphatic heterocycles. The molecule has 0 bridgehead atoms. The van der Waals surface area contributed by atoms with Crippen LogP contribution in [0.25, 0.3) is 104 Å². The van der Waals surface area contributed by atoms with E-state index in [-0.39, 0.29) is 0 Å². The van der Waals surface area contributed by atoms with Crippen LogP contribution in [0.2, 0.25) is 0 Å². The first-order valence-corrected chi connectivity index (χ1v) is 19.7. The molecule has 0 aliphatic carbocycles. The van der Waals surface area contributed by atoms with Gasteiger partial charge < -0.3 is 4.57 Å². The summed E-state index contributed by atoms with van der Waals surface area (Å²) >= 11 is 1.86. The molecule has 11 rings (SSSR count). The van der Waals surface area contributed by atoms with E-state index in [0.29, 0.717) is 5.82 Å². The van der Waals surface area contributed by atoms with Gasteiger partial charge in [-0.25, -0.2) is 9.97 Å². The zero-order valence-corrected chi connectivity index (χ0v) is 31.1. The topological polar surface area (TPSA) is 30.7 Å². The second kappa shape index (κ2) is 13.3. The molecule has 4 heteroatoms. The van der Waals surface area contributed by atoms with Crippen LogP contribution in [0.5, 0.6) is 0 Å². The van der Waals surface area contributed by atoms with Crippen molar-refractivity contribution in [2.75, 3.05) is 0 Å². The molecule has 0 amide bonds. The molecule has 0 aliphatic rings. The fourth-order valence-corrected chi connectivity index (χ4v) is 9.32. The van der Waals surface area contributed by atoms with Crippen LogP contribution < -0.4 is 0 Å². The molecule has 0 spiro atoms. The summed E-state index contributed by atoms with van der Waals surface area (Å²) in [6.45, 7) is 0. The Morgan fingerprint density at radius 2 is 0.839 bits per heavy atom. The lowest BCUT2D eigenvalue weighted by atomic mass is 9.92. The molecule has 0 N–H and O–H groups in total. The van der Waals surface area contributed by atoms with E-state index in [1.165, 1.54) is 42.0 Å². The van der Waals surface area contributed by atoms with E-state index in [2.05, 4.69) is 193 Å². The first-order chi connectivity index (χ1) is 27.8. The first kappa shape index (κ1) is 32.3. The molecule has 3 heterocycles. The van der Waals surface area contributed by atoms with E-state index in [1.54, 1.807) is 0 Å². The number of hydrogen-bond donors (Lipinski definition) is 0. The number of aromatic nitrogens is 3. The smallest absolute Gasteiger partial charge is 0.160 e. The summed E-state index contributed by atoms with van der Waals surface area (Å²) in [5.41, 5.74) is 12.8. The lowest BCUT2D eigenvalue weighted by molar-refractivity contribution is 1.17. The van der Waals surface area contributed by atoms with Crippen LogP contribution in [-0.4, -0.2) is 14.5 Å². The predicted molar refractivity (Wildman–Crippen MR) is 236 cm³/mol. The monoisotopic (exact) mass is 731 g/mol. The average molecular weight is 732 g/mol. The standard InChI is InChI=1S/C52H33N3S/c1-5-17-34(18-6-1)41-29-38(52-53-45(36-21-9-3-10-22-36)32-46(54-52)37-23-11-4-12-24-37)30-42(35-19-7-2-8-20-35)51(41)55-47-27-15-13-25-39(47)43-31-44-40-26-14-16-28-49(40)56-50(44)33-48(43)55/h1-33H. The van der Waals surface area contributed by atoms with Crippen molar-refractivity contribution in [3.05, 3.63) is 200 Å². The van der Waals surface area contributed by atoms with Crippen LogP contribution in [0.15, 0.2) is 200 Å². The molecule has 0 atom stereocenters. The Labute approximate surface area is 328 Å². The van der Waals surface area contributed by atoms with Crippen molar-refractivity contribution in [1.82, 2.24) is 14.5 Å². The Hall–Kier alpha value is -7.14. The van der Waals surface area contributed by atoms with Crippen molar-refractivity contribution in [3.8, 4) is 61.8 Å². The molecule has 0 fully saturated rings. The molecule has 3 aromatic heterocycles. The van der Waals surface area contributed by atoms with Crippen molar-refractivity contribution in [3.63, 3.8) is 0 Å². The Kier molecular flexibility index (Phi) is 7.68. The Balaban J connectivity index is 1.26. The molecular weight excluding hydrogens is 699 g/mol. The van der Waals surface area contributed by atoms with Crippen LogP contribution >= 0.6 is 11.3 Å². The second-order valence-corrected chi connectivity index (χ2v) is 15.2. The normalized spacial score (nSPS) is 11.6. The molecular formula is C52H33N3S. The summed E-state index contributed by atoms with van der Waals surface area (Å²) in [7, 11) is 0. The summed E-state index contributed by atoms with van der Waals surface area (Å²) in [6.07, 6.45) is 0. The van der Waals surface area contributed by atoms with Crippen LogP contribution in [0.3, 0.4) is 0 Å². The molecule has 262 valence electrons. The number of nitrogens with zero attached hydrogens (tertiary/aromatic N) is 3. The molecule has 0 saturated carbocycles. The Morgan fingerprint density at radius 3 is 1.43 bits per heavy atom. The van der Waals surface area contributed by atoms with Crippen LogP contribution in [0, 0.1) is 0 Å².